The van der Waals surface area contributed by atoms with Crippen LogP contribution in [0.25, 0.3) is 0 Å². The van der Waals surface area contributed by atoms with Crippen molar-refractivity contribution in [2.24, 2.45) is 5.92 Å². The van der Waals surface area contributed by atoms with E-state index < -0.39 is 0 Å². The van der Waals surface area contributed by atoms with Gasteiger partial charge in [0.05, 0.1) is 6.33 Å². The SMILES string of the molecule is O=C(CCCN1CCC(CCn2ccnc2)CC1)c1ccccc1. The zero-order valence-corrected chi connectivity index (χ0v) is 14.3. The highest BCUT2D eigenvalue weighted by Crippen LogP contribution is 2.21. The maximum absolute atomic E-state index is 12.1. The summed E-state index contributed by atoms with van der Waals surface area (Å²) in [4.78, 5) is 18.7. The summed E-state index contributed by atoms with van der Waals surface area (Å²) in [5.74, 6) is 1.10. The van der Waals surface area contributed by atoms with E-state index in [1.807, 2.05) is 49.1 Å². The Labute approximate surface area is 144 Å². The number of aryl methyl sites for hydroxylation is 1. The number of imidazole rings is 1. The molecule has 4 heteroatoms. The van der Waals surface area contributed by atoms with Crippen LogP contribution in [0.5, 0.6) is 0 Å². The van der Waals surface area contributed by atoms with Crippen LogP contribution in [0.15, 0.2) is 49.1 Å². The topological polar surface area (TPSA) is 38.1 Å². The van der Waals surface area contributed by atoms with Gasteiger partial charge in [0.2, 0.25) is 0 Å². The maximum atomic E-state index is 12.1. The molecule has 1 aliphatic heterocycles. The number of rotatable bonds is 8. The fourth-order valence-electron chi connectivity index (χ4n) is 3.48. The van der Waals surface area contributed by atoms with Gasteiger partial charge in [-0.05, 0) is 51.2 Å². The molecule has 1 fully saturated rings. The highest BCUT2D eigenvalue weighted by molar-refractivity contribution is 5.95. The smallest absolute Gasteiger partial charge is 0.162 e. The molecule has 2 heterocycles. The number of carbonyl (C=O) groups is 1. The molecule has 0 bridgehead atoms. The van der Waals surface area contributed by atoms with Gasteiger partial charge in [0, 0.05) is 30.9 Å². The van der Waals surface area contributed by atoms with E-state index in [4.69, 9.17) is 0 Å². The van der Waals surface area contributed by atoms with Crippen molar-refractivity contribution in [3.8, 4) is 0 Å². The molecule has 4 nitrogen and oxygen atoms in total. The number of hydrogen-bond acceptors (Lipinski definition) is 3. The molecule has 128 valence electrons. The van der Waals surface area contributed by atoms with Crippen LogP contribution in [0.1, 0.15) is 42.5 Å². The van der Waals surface area contributed by atoms with Gasteiger partial charge in [0.15, 0.2) is 5.78 Å². The first-order valence-corrected chi connectivity index (χ1v) is 9.07. The van der Waals surface area contributed by atoms with Gasteiger partial charge >= 0.3 is 0 Å². The van der Waals surface area contributed by atoms with E-state index in [9.17, 15) is 4.79 Å². The van der Waals surface area contributed by atoms with Crippen molar-refractivity contribution in [3.63, 3.8) is 0 Å². The molecule has 0 radical (unpaired) electrons. The van der Waals surface area contributed by atoms with Crippen LogP contribution in [0.3, 0.4) is 0 Å². The molecule has 1 saturated heterocycles. The molecule has 2 aromatic rings. The van der Waals surface area contributed by atoms with Gasteiger partial charge in [-0.2, -0.15) is 0 Å². The molecular formula is C20H27N3O. The van der Waals surface area contributed by atoms with E-state index in [2.05, 4.69) is 14.5 Å². The average Bonchev–Trinajstić information content (AvgIpc) is 3.15. The van der Waals surface area contributed by atoms with Gasteiger partial charge < -0.3 is 9.47 Å². The fraction of sp³-hybridized carbons (Fsp3) is 0.500. The second-order valence-electron chi connectivity index (χ2n) is 6.77. The number of aromatic nitrogens is 2. The Morgan fingerprint density at radius 2 is 1.92 bits per heavy atom. The van der Waals surface area contributed by atoms with Gasteiger partial charge in [-0.1, -0.05) is 30.3 Å². The summed E-state index contributed by atoms with van der Waals surface area (Å²) in [6.45, 7) is 4.48. The summed E-state index contributed by atoms with van der Waals surface area (Å²) in [7, 11) is 0. The third kappa shape index (κ3) is 5.03. The number of Topliss-reactive ketones (excluding diaryl/α,β-unsaturated/α-hetero) is 1. The van der Waals surface area contributed by atoms with Gasteiger partial charge in [-0.3, -0.25) is 4.79 Å². The van der Waals surface area contributed by atoms with Crippen LogP contribution in [0.2, 0.25) is 0 Å². The molecule has 24 heavy (non-hydrogen) atoms. The van der Waals surface area contributed by atoms with Crippen molar-refractivity contribution in [1.82, 2.24) is 14.5 Å². The summed E-state index contributed by atoms with van der Waals surface area (Å²) >= 11 is 0. The van der Waals surface area contributed by atoms with Crippen molar-refractivity contribution >= 4 is 5.78 Å². The molecule has 1 aromatic carbocycles. The van der Waals surface area contributed by atoms with Crippen molar-refractivity contribution in [1.29, 1.82) is 0 Å². The maximum Gasteiger partial charge on any atom is 0.162 e. The summed E-state index contributed by atoms with van der Waals surface area (Å²) < 4.78 is 2.17. The number of piperidine rings is 1. The molecule has 3 rings (SSSR count). The van der Waals surface area contributed by atoms with Gasteiger partial charge in [0.25, 0.3) is 0 Å². The molecule has 0 atom stereocenters. The molecule has 0 saturated carbocycles. The first-order chi connectivity index (χ1) is 11.8. The molecule has 1 aliphatic rings. The van der Waals surface area contributed by atoms with Gasteiger partial charge in [0.1, 0.15) is 0 Å². The van der Waals surface area contributed by atoms with E-state index >= 15 is 0 Å². The zero-order valence-electron chi connectivity index (χ0n) is 14.3. The van der Waals surface area contributed by atoms with Crippen LogP contribution in [0.4, 0.5) is 0 Å². The normalized spacial score (nSPS) is 16.3. The Kier molecular flexibility index (Phi) is 6.19. The molecule has 0 unspecified atom stereocenters. The molecule has 0 N–H and O–H groups in total. The predicted octanol–water partition coefficient (Wildman–Crippen LogP) is 3.65. The minimum Gasteiger partial charge on any atom is -0.337 e. The Morgan fingerprint density at radius 3 is 2.62 bits per heavy atom. The van der Waals surface area contributed by atoms with Gasteiger partial charge in [-0.15, -0.1) is 0 Å². The van der Waals surface area contributed by atoms with Crippen LogP contribution in [-0.4, -0.2) is 39.9 Å². The first kappa shape index (κ1) is 16.9. The minimum absolute atomic E-state index is 0.269. The largest absolute Gasteiger partial charge is 0.337 e. The number of ketones is 1. The zero-order chi connectivity index (χ0) is 16.6. The quantitative estimate of drug-likeness (QED) is 0.695. The summed E-state index contributed by atoms with van der Waals surface area (Å²) in [6, 6.07) is 9.64. The Balaban J connectivity index is 1.30. The molecule has 1 aromatic heterocycles. The lowest BCUT2D eigenvalue weighted by molar-refractivity contribution is 0.0969. The number of hydrogen-bond donors (Lipinski definition) is 0. The number of carbonyl (C=O) groups excluding carboxylic acids is 1. The Hall–Kier alpha value is -1.94. The first-order valence-electron chi connectivity index (χ1n) is 9.07. The highest BCUT2D eigenvalue weighted by atomic mass is 16.1. The second-order valence-corrected chi connectivity index (χ2v) is 6.77. The molecular weight excluding hydrogens is 298 g/mol. The summed E-state index contributed by atoms with van der Waals surface area (Å²) in [5.41, 5.74) is 0.843. The van der Waals surface area contributed by atoms with Crippen LogP contribution < -0.4 is 0 Å². The number of nitrogens with zero attached hydrogens (tertiary/aromatic N) is 3. The average molecular weight is 325 g/mol. The van der Waals surface area contributed by atoms with E-state index in [1.54, 1.807) is 0 Å². The lowest BCUT2D eigenvalue weighted by atomic mass is 9.93. The summed E-state index contributed by atoms with van der Waals surface area (Å²) in [5, 5.41) is 0. The van der Waals surface area contributed by atoms with Crippen LogP contribution >= 0.6 is 0 Å². The highest BCUT2D eigenvalue weighted by Gasteiger charge is 2.19. The van der Waals surface area contributed by atoms with E-state index in [-0.39, 0.29) is 5.78 Å². The molecule has 0 aliphatic carbocycles. The van der Waals surface area contributed by atoms with Crippen LogP contribution in [-0.2, 0) is 6.54 Å². The van der Waals surface area contributed by atoms with Gasteiger partial charge in [-0.25, -0.2) is 4.98 Å². The third-order valence-electron chi connectivity index (χ3n) is 5.04. The third-order valence-corrected chi connectivity index (χ3v) is 5.04. The Morgan fingerprint density at radius 1 is 1.12 bits per heavy atom. The molecule has 0 amide bonds. The van der Waals surface area contributed by atoms with Crippen molar-refractivity contribution < 1.29 is 4.79 Å². The van der Waals surface area contributed by atoms with Crippen molar-refractivity contribution in [2.75, 3.05) is 19.6 Å². The van der Waals surface area contributed by atoms with E-state index in [0.717, 1.165) is 31.0 Å². The lowest BCUT2D eigenvalue weighted by Gasteiger charge is -2.32. The van der Waals surface area contributed by atoms with Crippen molar-refractivity contribution in [3.05, 3.63) is 54.6 Å². The van der Waals surface area contributed by atoms with Crippen LogP contribution in [0, 0.1) is 5.92 Å². The monoisotopic (exact) mass is 325 g/mol. The number of likely N-dealkylation sites (tertiary alicyclic amines) is 1. The summed E-state index contributed by atoms with van der Waals surface area (Å²) in [6.07, 6.45) is 11.2. The second kappa shape index (κ2) is 8.78. The standard InChI is InChI=1S/C20H27N3O/c24-20(19-5-2-1-3-6-19)7-4-12-22-13-8-18(9-14-22)10-15-23-16-11-21-17-23/h1-3,5-6,11,16-18H,4,7-10,12-15H2. The Bertz CT molecular complexity index is 601. The minimum atomic E-state index is 0.269. The number of benzene rings is 1. The van der Waals surface area contributed by atoms with E-state index in [0.29, 0.717) is 6.42 Å². The fourth-order valence-corrected chi connectivity index (χ4v) is 3.48. The lowest BCUT2D eigenvalue weighted by Crippen LogP contribution is -2.34. The van der Waals surface area contributed by atoms with E-state index in [1.165, 1.54) is 32.4 Å². The molecule has 0 spiro atoms. The predicted molar refractivity (Wildman–Crippen MR) is 96.0 cm³/mol. The van der Waals surface area contributed by atoms with Crippen molar-refractivity contribution in [2.45, 2.75) is 38.6 Å².